The van der Waals surface area contributed by atoms with Crippen LogP contribution in [0.4, 0.5) is 0 Å². The third kappa shape index (κ3) is 3.00. The zero-order chi connectivity index (χ0) is 20.4. The van der Waals surface area contributed by atoms with Gasteiger partial charge in [-0.25, -0.2) is 0 Å². The molecule has 28 heavy (non-hydrogen) atoms. The Morgan fingerprint density at radius 2 is 1.54 bits per heavy atom. The van der Waals surface area contributed by atoms with Crippen LogP contribution in [0.15, 0.2) is 18.2 Å². The van der Waals surface area contributed by atoms with E-state index in [1.807, 2.05) is 0 Å². The molecule has 0 saturated carbocycles. The molecular formula is C20H22O8. The van der Waals surface area contributed by atoms with Crippen LogP contribution in [0, 0.1) is 0 Å². The van der Waals surface area contributed by atoms with Crippen molar-refractivity contribution < 1.29 is 38.3 Å². The van der Waals surface area contributed by atoms with E-state index in [1.165, 1.54) is 28.4 Å². The van der Waals surface area contributed by atoms with Gasteiger partial charge < -0.3 is 33.5 Å². The minimum Gasteiger partial charge on any atom is -0.502 e. The third-order valence-electron chi connectivity index (χ3n) is 4.60. The number of fused-ring (bicyclic) bond motifs is 1. The van der Waals surface area contributed by atoms with E-state index >= 15 is 0 Å². The van der Waals surface area contributed by atoms with Gasteiger partial charge in [0.2, 0.25) is 17.2 Å². The Morgan fingerprint density at radius 1 is 0.893 bits per heavy atom. The van der Waals surface area contributed by atoms with E-state index in [0.29, 0.717) is 17.1 Å². The van der Waals surface area contributed by atoms with Crippen LogP contribution in [0.3, 0.4) is 0 Å². The molecule has 1 N–H and O–H groups in total. The number of hydrogen-bond acceptors (Lipinski definition) is 8. The number of phenolic OH excluding ortho intramolecular Hbond substituents is 1. The van der Waals surface area contributed by atoms with Gasteiger partial charge in [0.15, 0.2) is 28.8 Å². The number of ether oxygens (including phenoxy) is 6. The summed E-state index contributed by atoms with van der Waals surface area (Å²) in [5.41, 5.74) is 0.819. The summed E-state index contributed by atoms with van der Waals surface area (Å²) in [6.45, 7) is 0. The molecule has 2 aromatic carbocycles. The lowest BCUT2D eigenvalue weighted by Gasteiger charge is -2.29. The Morgan fingerprint density at radius 3 is 2.11 bits per heavy atom. The van der Waals surface area contributed by atoms with E-state index in [2.05, 4.69) is 0 Å². The minimum absolute atomic E-state index is 0.00876. The van der Waals surface area contributed by atoms with Crippen LogP contribution in [0.25, 0.3) is 0 Å². The summed E-state index contributed by atoms with van der Waals surface area (Å²) in [4.78, 5) is 12.9. The van der Waals surface area contributed by atoms with Gasteiger partial charge in [-0.1, -0.05) is 6.07 Å². The Bertz CT molecular complexity index is 906. The first-order valence-corrected chi connectivity index (χ1v) is 8.47. The van der Waals surface area contributed by atoms with E-state index in [-0.39, 0.29) is 46.5 Å². The largest absolute Gasteiger partial charge is 0.502 e. The van der Waals surface area contributed by atoms with E-state index < -0.39 is 6.10 Å². The van der Waals surface area contributed by atoms with Crippen molar-refractivity contribution in [1.29, 1.82) is 0 Å². The summed E-state index contributed by atoms with van der Waals surface area (Å²) in [7, 11) is 7.24. The molecule has 8 nitrogen and oxygen atoms in total. The van der Waals surface area contributed by atoms with Gasteiger partial charge in [-0.2, -0.15) is 0 Å². The highest BCUT2D eigenvalue weighted by molar-refractivity contribution is 6.05. The van der Waals surface area contributed by atoms with Gasteiger partial charge in [-0.15, -0.1) is 0 Å². The van der Waals surface area contributed by atoms with Crippen molar-refractivity contribution in [3.63, 3.8) is 0 Å². The summed E-state index contributed by atoms with van der Waals surface area (Å²) in [5.74, 6) is 0.790. The fourth-order valence-electron chi connectivity index (χ4n) is 3.28. The number of benzene rings is 2. The SMILES string of the molecule is COc1ccc(C2CC(=O)c3c(c(O)c(OC)c(OC)c3OC)O2)cc1OC. The lowest BCUT2D eigenvalue weighted by atomic mass is 9.94. The molecule has 1 aliphatic heterocycles. The number of phenols is 1. The molecule has 1 heterocycles. The molecule has 8 heteroatoms. The second-order valence-corrected chi connectivity index (χ2v) is 6.00. The number of carbonyl (C=O) groups excluding carboxylic acids is 1. The first-order chi connectivity index (χ1) is 13.5. The van der Waals surface area contributed by atoms with E-state index in [9.17, 15) is 9.90 Å². The lowest BCUT2D eigenvalue weighted by molar-refractivity contribution is 0.0833. The van der Waals surface area contributed by atoms with Gasteiger partial charge >= 0.3 is 0 Å². The molecule has 0 fully saturated rings. The maximum Gasteiger partial charge on any atom is 0.211 e. The van der Waals surface area contributed by atoms with Crippen LogP contribution >= 0.6 is 0 Å². The van der Waals surface area contributed by atoms with Crippen molar-refractivity contribution >= 4 is 5.78 Å². The van der Waals surface area contributed by atoms with Crippen molar-refractivity contribution in [2.75, 3.05) is 35.5 Å². The number of aromatic hydroxyl groups is 1. The summed E-state index contributed by atoms with van der Waals surface area (Å²) >= 11 is 0. The lowest BCUT2D eigenvalue weighted by Crippen LogP contribution is -2.22. The van der Waals surface area contributed by atoms with Crippen molar-refractivity contribution in [2.24, 2.45) is 0 Å². The molecule has 0 spiro atoms. The molecule has 3 rings (SSSR count). The molecule has 0 aliphatic carbocycles. The fraction of sp³-hybridized carbons (Fsp3) is 0.350. The summed E-state index contributed by atoms with van der Waals surface area (Å²) in [6, 6.07) is 5.24. The van der Waals surface area contributed by atoms with E-state index in [1.54, 1.807) is 25.3 Å². The summed E-state index contributed by atoms with van der Waals surface area (Å²) in [5, 5.41) is 10.6. The van der Waals surface area contributed by atoms with Crippen LogP contribution in [0.2, 0.25) is 0 Å². The molecule has 150 valence electrons. The highest BCUT2D eigenvalue weighted by Gasteiger charge is 2.38. The Balaban J connectivity index is 2.12. The fourth-order valence-corrected chi connectivity index (χ4v) is 3.28. The molecule has 2 aromatic rings. The monoisotopic (exact) mass is 390 g/mol. The number of Topliss-reactive ketones (excluding diaryl/α,β-unsaturated/α-hetero) is 1. The van der Waals surface area contributed by atoms with Crippen molar-refractivity contribution in [2.45, 2.75) is 12.5 Å². The number of ketones is 1. The van der Waals surface area contributed by atoms with E-state index in [0.717, 1.165) is 0 Å². The summed E-state index contributed by atoms with van der Waals surface area (Å²) in [6.07, 6.45) is -0.582. The average Bonchev–Trinajstić information content (AvgIpc) is 2.72. The molecule has 1 aliphatic rings. The van der Waals surface area contributed by atoms with Crippen LogP contribution in [-0.4, -0.2) is 46.4 Å². The van der Waals surface area contributed by atoms with Crippen molar-refractivity contribution in [1.82, 2.24) is 0 Å². The molecule has 0 radical (unpaired) electrons. The second-order valence-electron chi connectivity index (χ2n) is 6.00. The second kappa shape index (κ2) is 7.75. The highest BCUT2D eigenvalue weighted by Crippen LogP contribution is 2.56. The molecule has 0 aromatic heterocycles. The smallest absolute Gasteiger partial charge is 0.211 e. The molecule has 0 amide bonds. The number of hydrogen-bond donors (Lipinski definition) is 1. The van der Waals surface area contributed by atoms with Gasteiger partial charge in [0, 0.05) is 0 Å². The predicted molar refractivity (Wildman–Crippen MR) is 99.6 cm³/mol. The number of carbonyl (C=O) groups is 1. The zero-order valence-electron chi connectivity index (χ0n) is 16.3. The maximum atomic E-state index is 12.9. The average molecular weight is 390 g/mol. The van der Waals surface area contributed by atoms with Crippen LogP contribution < -0.4 is 28.4 Å². The summed E-state index contributed by atoms with van der Waals surface area (Å²) < 4.78 is 32.4. The van der Waals surface area contributed by atoms with Crippen LogP contribution in [0.5, 0.6) is 40.2 Å². The van der Waals surface area contributed by atoms with Crippen LogP contribution in [-0.2, 0) is 0 Å². The van der Waals surface area contributed by atoms with Crippen molar-refractivity contribution in [3.05, 3.63) is 29.3 Å². The topological polar surface area (TPSA) is 92.7 Å². The first-order valence-electron chi connectivity index (χ1n) is 8.47. The van der Waals surface area contributed by atoms with E-state index in [4.69, 9.17) is 28.4 Å². The molecular weight excluding hydrogens is 368 g/mol. The highest BCUT2D eigenvalue weighted by atomic mass is 16.5. The first kappa shape index (κ1) is 19.5. The Labute approximate surface area is 162 Å². The third-order valence-corrected chi connectivity index (χ3v) is 4.60. The van der Waals surface area contributed by atoms with Crippen LogP contribution in [0.1, 0.15) is 28.4 Å². The molecule has 0 bridgehead atoms. The Hall–Kier alpha value is -3.29. The van der Waals surface area contributed by atoms with Gasteiger partial charge in [0.25, 0.3) is 0 Å². The number of methoxy groups -OCH3 is 5. The molecule has 0 saturated heterocycles. The Kier molecular flexibility index (Phi) is 5.39. The quantitative estimate of drug-likeness (QED) is 0.804. The predicted octanol–water partition coefficient (Wildman–Crippen LogP) is 3.14. The van der Waals surface area contributed by atoms with Gasteiger partial charge in [-0.3, -0.25) is 4.79 Å². The zero-order valence-corrected chi connectivity index (χ0v) is 16.3. The van der Waals surface area contributed by atoms with Crippen molar-refractivity contribution in [3.8, 4) is 40.2 Å². The molecule has 1 atom stereocenters. The standard InChI is InChI=1S/C20H22O8/c1-23-12-7-6-10(8-14(12)24-2)13-9-11(21)15-17(28-13)16(22)19(26-4)20(27-5)18(15)25-3/h6-8,13,22H,9H2,1-5H3. The maximum absolute atomic E-state index is 12.9. The minimum atomic E-state index is -0.631. The van der Waals surface area contributed by atoms with Gasteiger partial charge in [-0.05, 0) is 17.7 Å². The normalized spacial score (nSPS) is 15.3. The molecule has 1 unspecified atom stereocenters. The number of rotatable bonds is 6. The van der Waals surface area contributed by atoms with Gasteiger partial charge in [0.05, 0.1) is 42.0 Å². The van der Waals surface area contributed by atoms with Gasteiger partial charge in [0.1, 0.15) is 11.7 Å².